The van der Waals surface area contributed by atoms with Gasteiger partial charge in [0.1, 0.15) is 11.9 Å². The Morgan fingerprint density at radius 1 is 1.08 bits per heavy atom. The molecule has 0 saturated carbocycles. The predicted octanol–water partition coefficient (Wildman–Crippen LogP) is 3.43. The summed E-state index contributed by atoms with van der Waals surface area (Å²) < 4.78 is 32.4. The molecule has 0 amide bonds. The number of aromatic nitrogens is 2. The Morgan fingerprint density at radius 3 is 2.76 bits per heavy atom. The Kier molecular flexibility index (Phi) is 3.93. The molecule has 2 aromatic carbocycles. The molecule has 1 fully saturated rings. The number of nitrogens with zero attached hydrogens (tertiary/aromatic N) is 2. The third kappa shape index (κ3) is 2.98. The van der Waals surface area contributed by atoms with Crippen LogP contribution in [-0.4, -0.2) is 22.6 Å². The number of rotatable bonds is 3. The largest absolute Gasteiger partial charge is 0.383 e. The van der Waals surface area contributed by atoms with E-state index in [1.54, 1.807) is 0 Å². The first-order chi connectivity index (χ1) is 12.1. The molecule has 2 heterocycles. The number of ether oxygens (including phenoxy) is 1. The minimum Gasteiger partial charge on any atom is -0.383 e. The zero-order valence-electron chi connectivity index (χ0n) is 13.2. The normalized spacial score (nSPS) is 20.1. The van der Waals surface area contributed by atoms with Gasteiger partial charge in [0.25, 0.3) is 0 Å². The van der Waals surface area contributed by atoms with E-state index in [0.29, 0.717) is 30.4 Å². The summed E-state index contributed by atoms with van der Waals surface area (Å²) in [5.41, 5.74) is 7.31. The molecule has 1 aliphatic heterocycles. The molecule has 7 heteroatoms. The summed E-state index contributed by atoms with van der Waals surface area (Å²) in [5.74, 6) is -0.995. The van der Waals surface area contributed by atoms with Crippen molar-refractivity contribution in [2.45, 2.75) is 18.6 Å². The van der Waals surface area contributed by atoms with E-state index in [9.17, 15) is 8.78 Å². The molecule has 0 spiro atoms. The second-order valence-corrected chi connectivity index (χ2v) is 5.95. The highest BCUT2D eigenvalue weighted by molar-refractivity contribution is 5.88. The van der Waals surface area contributed by atoms with Crippen LogP contribution in [0.25, 0.3) is 10.9 Å². The van der Waals surface area contributed by atoms with Crippen molar-refractivity contribution in [1.29, 1.82) is 0 Å². The summed E-state index contributed by atoms with van der Waals surface area (Å²) in [6.45, 7) is 0.504. The van der Waals surface area contributed by atoms with Crippen LogP contribution in [0.2, 0.25) is 0 Å². The fraction of sp³-hybridized carbons (Fsp3) is 0.222. The molecule has 1 saturated heterocycles. The van der Waals surface area contributed by atoms with Crippen molar-refractivity contribution in [3.8, 4) is 0 Å². The molecule has 2 atom stereocenters. The minimum atomic E-state index is -0.891. The number of fused-ring (bicyclic) bond motifs is 1. The lowest BCUT2D eigenvalue weighted by Gasteiger charge is -2.20. The van der Waals surface area contributed by atoms with E-state index in [2.05, 4.69) is 15.3 Å². The van der Waals surface area contributed by atoms with Crippen LogP contribution in [0, 0.1) is 11.6 Å². The van der Waals surface area contributed by atoms with E-state index in [4.69, 9.17) is 10.5 Å². The number of anilines is 2. The van der Waals surface area contributed by atoms with Gasteiger partial charge in [0, 0.05) is 12.0 Å². The third-order valence-corrected chi connectivity index (χ3v) is 4.31. The quantitative estimate of drug-likeness (QED) is 0.763. The summed E-state index contributed by atoms with van der Waals surface area (Å²) in [6, 6.07) is 11.1. The van der Waals surface area contributed by atoms with Crippen molar-refractivity contribution < 1.29 is 13.5 Å². The maximum Gasteiger partial charge on any atom is 0.225 e. The highest BCUT2D eigenvalue weighted by Crippen LogP contribution is 2.32. The summed E-state index contributed by atoms with van der Waals surface area (Å²) in [5, 5.41) is 4.00. The Hall–Kier alpha value is -2.80. The van der Waals surface area contributed by atoms with Crippen LogP contribution in [-0.2, 0) is 4.74 Å². The van der Waals surface area contributed by atoms with E-state index in [1.807, 2.05) is 24.3 Å². The Bertz CT molecular complexity index is 934. The van der Waals surface area contributed by atoms with Crippen LogP contribution in [0.5, 0.6) is 0 Å². The van der Waals surface area contributed by atoms with Crippen molar-refractivity contribution in [2.24, 2.45) is 0 Å². The average Bonchev–Trinajstić information content (AvgIpc) is 3.05. The summed E-state index contributed by atoms with van der Waals surface area (Å²) >= 11 is 0. The molecule has 3 aromatic rings. The van der Waals surface area contributed by atoms with Gasteiger partial charge in [0.05, 0.1) is 11.6 Å². The third-order valence-electron chi connectivity index (χ3n) is 4.31. The Labute approximate surface area is 142 Å². The minimum absolute atomic E-state index is 0.162. The number of nitrogens with one attached hydrogen (secondary N) is 1. The zero-order chi connectivity index (χ0) is 17.4. The maximum absolute atomic E-state index is 13.5. The van der Waals surface area contributed by atoms with Crippen molar-refractivity contribution >= 4 is 22.7 Å². The molecule has 0 aliphatic carbocycles. The first kappa shape index (κ1) is 15.7. The van der Waals surface area contributed by atoms with Gasteiger partial charge in [-0.25, -0.2) is 13.8 Å². The lowest BCUT2D eigenvalue weighted by Crippen LogP contribution is -2.24. The molecule has 0 radical (unpaired) electrons. The van der Waals surface area contributed by atoms with Gasteiger partial charge < -0.3 is 15.8 Å². The van der Waals surface area contributed by atoms with Crippen LogP contribution in [0.1, 0.15) is 18.1 Å². The smallest absolute Gasteiger partial charge is 0.225 e. The SMILES string of the molecule is Nc1nc(NC2CCOC2c2ccc(F)c(F)c2)nc2ccccc12. The van der Waals surface area contributed by atoms with Gasteiger partial charge in [-0.05, 0) is 36.2 Å². The van der Waals surface area contributed by atoms with Crippen LogP contribution < -0.4 is 11.1 Å². The van der Waals surface area contributed by atoms with Crippen molar-refractivity contribution in [3.05, 3.63) is 59.7 Å². The molecule has 3 N–H and O–H groups in total. The fourth-order valence-corrected chi connectivity index (χ4v) is 3.09. The van der Waals surface area contributed by atoms with E-state index in [-0.39, 0.29) is 6.04 Å². The van der Waals surface area contributed by atoms with Gasteiger partial charge >= 0.3 is 0 Å². The monoisotopic (exact) mass is 342 g/mol. The number of halogens is 2. The second kappa shape index (κ2) is 6.25. The van der Waals surface area contributed by atoms with Gasteiger partial charge in [0.2, 0.25) is 5.95 Å². The van der Waals surface area contributed by atoms with Gasteiger partial charge in [-0.3, -0.25) is 0 Å². The van der Waals surface area contributed by atoms with Crippen LogP contribution in [0.15, 0.2) is 42.5 Å². The van der Waals surface area contributed by atoms with Crippen molar-refractivity contribution in [3.63, 3.8) is 0 Å². The maximum atomic E-state index is 13.5. The van der Waals surface area contributed by atoms with Crippen LogP contribution in [0.4, 0.5) is 20.5 Å². The van der Waals surface area contributed by atoms with E-state index in [1.165, 1.54) is 6.07 Å². The lowest BCUT2D eigenvalue weighted by atomic mass is 10.0. The van der Waals surface area contributed by atoms with E-state index in [0.717, 1.165) is 23.0 Å². The highest BCUT2D eigenvalue weighted by Gasteiger charge is 2.31. The molecule has 1 aromatic heterocycles. The molecule has 25 heavy (non-hydrogen) atoms. The predicted molar refractivity (Wildman–Crippen MR) is 91.0 cm³/mol. The molecule has 2 unspecified atom stereocenters. The molecule has 1 aliphatic rings. The van der Waals surface area contributed by atoms with E-state index >= 15 is 0 Å². The highest BCUT2D eigenvalue weighted by atomic mass is 19.2. The van der Waals surface area contributed by atoms with E-state index < -0.39 is 17.7 Å². The molecule has 0 bridgehead atoms. The molecule has 5 nitrogen and oxygen atoms in total. The molecular formula is C18H16F2N4O. The molecule has 128 valence electrons. The summed E-state index contributed by atoms with van der Waals surface area (Å²) in [6.07, 6.45) is 0.283. The molecule has 4 rings (SSSR count). The first-order valence-corrected chi connectivity index (χ1v) is 7.97. The number of nitrogen functional groups attached to an aromatic ring is 1. The zero-order valence-corrected chi connectivity index (χ0v) is 13.2. The number of nitrogens with two attached hydrogens (primary N) is 1. The van der Waals surface area contributed by atoms with Crippen molar-refractivity contribution in [1.82, 2.24) is 9.97 Å². The van der Waals surface area contributed by atoms with Gasteiger partial charge in [0.15, 0.2) is 11.6 Å². The van der Waals surface area contributed by atoms with Gasteiger partial charge in [-0.15, -0.1) is 0 Å². The second-order valence-electron chi connectivity index (χ2n) is 5.95. The van der Waals surface area contributed by atoms with Gasteiger partial charge in [-0.1, -0.05) is 18.2 Å². The lowest BCUT2D eigenvalue weighted by molar-refractivity contribution is 0.107. The number of para-hydroxylation sites is 1. The summed E-state index contributed by atoms with van der Waals surface area (Å²) in [7, 11) is 0. The summed E-state index contributed by atoms with van der Waals surface area (Å²) in [4.78, 5) is 8.76. The molecular weight excluding hydrogens is 326 g/mol. The van der Waals surface area contributed by atoms with Crippen LogP contribution in [0.3, 0.4) is 0 Å². The number of benzene rings is 2. The van der Waals surface area contributed by atoms with Crippen LogP contribution >= 0.6 is 0 Å². The standard InChI is InChI=1S/C18H16F2N4O/c19-12-6-5-10(9-13(12)20)16-15(7-8-25-16)23-18-22-14-4-2-1-3-11(14)17(21)24-18/h1-6,9,15-16H,7-8H2,(H3,21,22,23,24). The fourth-order valence-electron chi connectivity index (χ4n) is 3.09. The Morgan fingerprint density at radius 2 is 1.92 bits per heavy atom. The number of hydrogen-bond acceptors (Lipinski definition) is 5. The average molecular weight is 342 g/mol. The Balaban J connectivity index is 1.62. The first-order valence-electron chi connectivity index (χ1n) is 7.97. The topological polar surface area (TPSA) is 73.1 Å². The van der Waals surface area contributed by atoms with Gasteiger partial charge in [-0.2, -0.15) is 4.98 Å². The van der Waals surface area contributed by atoms with Crippen molar-refractivity contribution in [2.75, 3.05) is 17.7 Å². The number of hydrogen-bond donors (Lipinski definition) is 2.